The van der Waals surface area contributed by atoms with Crippen molar-refractivity contribution < 1.29 is 33.7 Å². The molecule has 0 saturated carbocycles. The summed E-state index contributed by atoms with van der Waals surface area (Å²) in [5, 5.41) is 12.0. The van der Waals surface area contributed by atoms with Gasteiger partial charge in [-0.25, -0.2) is 9.69 Å². The molecular formula is C34H37N3O7. The monoisotopic (exact) mass is 599 g/mol. The Bertz CT molecular complexity index is 1460. The summed E-state index contributed by atoms with van der Waals surface area (Å²) in [5.74, 6) is -0.975. The van der Waals surface area contributed by atoms with Crippen molar-refractivity contribution >= 4 is 23.6 Å². The fourth-order valence-corrected chi connectivity index (χ4v) is 5.41. The van der Waals surface area contributed by atoms with Crippen molar-refractivity contribution in [3.8, 4) is 0 Å². The van der Waals surface area contributed by atoms with Gasteiger partial charge in [0.05, 0.1) is 30.9 Å². The normalized spacial score (nSPS) is 21.8. The standard InChI is InChI=1S/C34H37N3O7/c1-3-16-36(2)20-28-18-30(25-14-12-23(21-38)13-15-25)44-33(43-28)26-10-7-11-27(17-26)37-31(39)19-29(32(37)40)35-34(41)42-22-24-8-5-4-6-9-24/h3-15,17,28-30,33,38H,1,16,18-22H2,2H3,(H,35,41)/t28-,29?,30+,33+/m0/s1. The summed E-state index contributed by atoms with van der Waals surface area (Å²) in [7, 11) is 1.99. The van der Waals surface area contributed by atoms with Crippen LogP contribution >= 0.6 is 0 Å². The first-order valence-electron chi connectivity index (χ1n) is 14.6. The van der Waals surface area contributed by atoms with Gasteiger partial charge in [0.2, 0.25) is 5.91 Å². The number of anilines is 1. The number of alkyl carbamates (subject to hydrolysis) is 1. The first kappa shape index (κ1) is 31.1. The number of carbonyl (C=O) groups is 3. The molecule has 230 valence electrons. The first-order chi connectivity index (χ1) is 21.3. The molecule has 1 unspecified atom stereocenters. The van der Waals surface area contributed by atoms with Crippen molar-refractivity contribution in [2.24, 2.45) is 0 Å². The molecule has 10 heteroatoms. The van der Waals surface area contributed by atoms with Crippen LogP contribution in [0, 0.1) is 0 Å². The fraction of sp³-hybridized carbons (Fsp3) is 0.324. The van der Waals surface area contributed by atoms with E-state index in [1.54, 1.807) is 18.2 Å². The van der Waals surface area contributed by atoms with E-state index in [9.17, 15) is 19.5 Å². The number of rotatable bonds is 11. The second-order valence-corrected chi connectivity index (χ2v) is 11.0. The predicted molar refractivity (Wildman–Crippen MR) is 163 cm³/mol. The summed E-state index contributed by atoms with van der Waals surface area (Å²) in [5.41, 5.74) is 3.59. The number of imide groups is 1. The first-order valence-corrected chi connectivity index (χ1v) is 14.6. The van der Waals surface area contributed by atoms with Gasteiger partial charge < -0.3 is 29.5 Å². The summed E-state index contributed by atoms with van der Waals surface area (Å²) < 4.78 is 18.1. The van der Waals surface area contributed by atoms with Gasteiger partial charge in [-0.15, -0.1) is 6.58 Å². The van der Waals surface area contributed by atoms with Crippen molar-refractivity contribution in [2.75, 3.05) is 25.0 Å². The Morgan fingerprint density at radius 3 is 2.55 bits per heavy atom. The fourth-order valence-electron chi connectivity index (χ4n) is 5.41. The molecule has 5 rings (SSSR count). The van der Waals surface area contributed by atoms with Crippen LogP contribution in [0.4, 0.5) is 10.5 Å². The van der Waals surface area contributed by atoms with Crippen LogP contribution in [0.2, 0.25) is 0 Å². The quantitative estimate of drug-likeness (QED) is 0.246. The minimum Gasteiger partial charge on any atom is -0.445 e. The van der Waals surface area contributed by atoms with Crippen molar-refractivity contribution in [3.63, 3.8) is 0 Å². The molecular weight excluding hydrogens is 562 g/mol. The Hall–Kier alpha value is -4.35. The van der Waals surface area contributed by atoms with Crippen LogP contribution in [0.5, 0.6) is 0 Å². The number of carbonyl (C=O) groups excluding carboxylic acids is 3. The minimum atomic E-state index is -1.03. The molecule has 10 nitrogen and oxygen atoms in total. The minimum absolute atomic E-state index is 0.0432. The third-order valence-electron chi connectivity index (χ3n) is 7.62. The second-order valence-electron chi connectivity index (χ2n) is 11.0. The van der Waals surface area contributed by atoms with Gasteiger partial charge >= 0.3 is 6.09 Å². The van der Waals surface area contributed by atoms with Crippen molar-refractivity contribution in [1.29, 1.82) is 0 Å². The van der Waals surface area contributed by atoms with E-state index in [2.05, 4.69) is 16.8 Å². The predicted octanol–water partition coefficient (Wildman–Crippen LogP) is 4.40. The summed E-state index contributed by atoms with van der Waals surface area (Å²) in [6, 6.07) is 22.7. The van der Waals surface area contributed by atoms with Crippen molar-refractivity contribution in [3.05, 3.63) is 114 Å². The highest BCUT2D eigenvalue weighted by molar-refractivity contribution is 6.22. The number of amides is 3. The summed E-state index contributed by atoms with van der Waals surface area (Å²) in [6.45, 7) is 5.17. The Morgan fingerprint density at radius 1 is 1.05 bits per heavy atom. The maximum Gasteiger partial charge on any atom is 0.408 e. The number of hydrogen-bond acceptors (Lipinski definition) is 8. The van der Waals surface area contributed by atoms with Gasteiger partial charge in [0.15, 0.2) is 6.29 Å². The zero-order chi connectivity index (χ0) is 31.1. The average molecular weight is 600 g/mol. The van der Waals surface area contributed by atoms with Crippen LogP contribution in [0.25, 0.3) is 0 Å². The SMILES string of the molecule is C=CCN(C)C[C@@H]1C[C@H](c2ccc(CO)cc2)O[C@H](c2cccc(N3C(=O)CC(NC(=O)OCc4ccccc4)C3=O)c2)O1. The lowest BCUT2D eigenvalue weighted by Crippen LogP contribution is -2.42. The molecule has 44 heavy (non-hydrogen) atoms. The average Bonchev–Trinajstić information content (AvgIpc) is 3.32. The Kier molecular flexibility index (Phi) is 10.2. The van der Waals surface area contributed by atoms with E-state index in [4.69, 9.17) is 14.2 Å². The van der Waals surface area contributed by atoms with Crippen LogP contribution in [0.15, 0.2) is 91.5 Å². The van der Waals surface area contributed by atoms with E-state index in [0.29, 0.717) is 30.8 Å². The number of aliphatic hydroxyl groups is 1. The third-order valence-corrected chi connectivity index (χ3v) is 7.62. The maximum absolute atomic E-state index is 13.3. The summed E-state index contributed by atoms with van der Waals surface area (Å²) in [6.07, 6.45) is 0.290. The highest BCUT2D eigenvalue weighted by atomic mass is 16.7. The van der Waals surface area contributed by atoms with Gasteiger partial charge in [-0.05, 0) is 35.9 Å². The molecule has 2 N–H and O–H groups in total. The molecule has 0 aliphatic carbocycles. The molecule has 0 radical (unpaired) electrons. The van der Waals surface area contributed by atoms with Gasteiger partial charge in [-0.2, -0.15) is 0 Å². The number of ether oxygens (including phenoxy) is 3. The number of hydrogen-bond donors (Lipinski definition) is 2. The van der Waals surface area contributed by atoms with Crippen LogP contribution in [0.1, 0.15) is 47.5 Å². The molecule has 2 aliphatic heterocycles. The zero-order valence-corrected chi connectivity index (χ0v) is 24.6. The molecule has 3 aromatic carbocycles. The van der Waals surface area contributed by atoms with Gasteiger partial charge in [0.1, 0.15) is 12.6 Å². The van der Waals surface area contributed by atoms with Gasteiger partial charge in [0.25, 0.3) is 5.91 Å². The summed E-state index contributed by atoms with van der Waals surface area (Å²) in [4.78, 5) is 41.8. The second kappa shape index (κ2) is 14.4. The van der Waals surface area contributed by atoms with E-state index >= 15 is 0 Å². The molecule has 0 bridgehead atoms. The molecule has 2 fully saturated rings. The molecule has 2 saturated heterocycles. The van der Waals surface area contributed by atoms with Crippen LogP contribution < -0.4 is 10.2 Å². The third kappa shape index (κ3) is 7.59. The van der Waals surface area contributed by atoms with E-state index in [-0.39, 0.29) is 31.8 Å². The Morgan fingerprint density at radius 2 is 1.82 bits per heavy atom. The van der Waals surface area contributed by atoms with Crippen LogP contribution in [-0.2, 0) is 37.0 Å². The topological polar surface area (TPSA) is 118 Å². The number of nitrogens with one attached hydrogen (secondary N) is 1. The molecule has 0 spiro atoms. The van der Waals surface area contributed by atoms with E-state index in [1.807, 2.05) is 73.8 Å². The number of likely N-dealkylation sites (N-methyl/N-ethyl adjacent to an activating group) is 1. The lowest BCUT2D eigenvalue weighted by Gasteiger charge is -2.38. The molecule has 0 aromatic heterocycles. The van der Waals surface area contributed by atoms with Gasteiger partial charge in [-0.1, -0.05) is 72.8 Å². The lowest BCUT2D eigenvalue weighted by atomic mass is 9.99. The maximum atomic E-state index is 13.3. The van der Waals surface area contributed by atoms with Crippen LogP contribution in [0.3, 0.4) is 0 Å². The van der Waals surface area contributed by atoms with E-state index < -0.39 is 30.2 Å². The smallest absolute Gasteiger partial charge is 0.408 e. The van der Waals surface area contributed by atoms with Crippen molar-refractivity contribution in [1.82, 2.24) is 10.2 Å². The lowest BCUT2D eigenvalue weighted by molar-refractivity contribution is -0.252. The van der Waals surface area contributed by atoms with Gasteiger partial charge in [0, 0.05) is 25.1 Å². The molecule has 3 amide bonds. The number of nitrogens with zero attached hydrogens (tertiary/aromatic N) is 2. The molecule has 2 heterocycles. The molecule has 3 aromatic rings. The van der Waals surface area contributed by atoms with Crippen molar-refractivity contribution in [2.45, 2.75) is 50.6 Å². The highest BCUT2D eigenvalue weighted by Crippen LogP contribution is 2.39. The van der Waals surface area contributed by atoms with E-state index in [0.717, 1.165) is 21.6 Å². The van der Waals surface area contributed by atoms with Crippen LogP contribution in [-0.4, -0.2) is 60.2 Å². The molecule has 4 atom stereocenters. The van der Waals surface area contributed by atoms with E-state index in [1.165, 1.54) is 0 Å². The zero-order valence-electron chi connectivity index (χ0n) is 24.6. The molecule has 2 aliphatic rings. The van der Waals surface area contributed by atoms with Gasteiger partial charge in [-0.3, -0.25) is 9.59 Å². The number of aliphatic hydroxyl groups excluding tert-OH is 1. The Labute approximate surface area is 256 Å². The Balaban J connectivity index is 1.30. The highest BCUT2D eigenvalue weighted by Gasteiger charge is 2.41. The number of benzene rings is 3. The summed E-state index contributed by atoms with van der Waals surface area (Å²) >= 11 is 0. The largest absolute Gasteiger partial charge is 0.445 e.